The summed E-state index contributed by atoms with van der Waals surface area (Å²) in [6, 6.07) is 0. The third-order valence-corrected chi connectivity index (χ3v) is 0. The molecule has 2 radical (unpaired) electrons. The van der Waals surface area contributed by atoms with Gasteiger partial charge in [0.2, 0.25) is 0 Å². The van der Waals surface area contributed by atoms with Crippen molar-refractivity contribution in [3.05, 3.63) is 0 Å². The zero-order valence-electron chi connectivity index (χ0n) is 0.749. The Balaban J connectivity index is 0. The van der Waals surface area contributed by atoms with Crippen LogP contribution in [0.1, 0.15) is 0 Å². The monoisotopic (exact) mass is 258 g/mol. The molecule has 28 valence electrons. The molecule has 0 bridgehead atoms. The fourth-order valence-electron chi connectivity index (χ4n) is 0. The van der Waals surface area contributed by atoms with Gasteiger partial charge in [-0.1, -0.05) is 0 Å². The first-order valence-electron chi connectivity index (χ1n) is 0. The van der Waals surface area contributed by atoms with E-state index in [0.29, 0.717) is 0 Å². The zero-order chi connectivity index (χ0) is 0. The van der Waals surface area contributed by atoms with E-state index in [0.717, 1.165) is 0 Å². The van der Waals surface area contributed by atoms with Crippen LogP contribution in [0.15, 0.2) is 0 Å². The average molecular weight is 259 g/mol. The molecule has 0 heterocycles. The predicted octanol–water partition coefficient (Wildman–Crippen LogP) is -2.37. The van der Waals surface area contributed by atoms with Crippen molar-refractivity contribution in [2.45, 2.75) is 0 Å². The third-order valence-electron chi connectivity index (χ3n) is 0. The minimum absolute atomic E-state index is 0. The number of hydrogen-bond donors (Lipinski definition) is 0. The molecule has 0 aromatic heterocycles. The van der Waals surface area contributed by atoms with Gasteiger partial charge in [-0.05, 0) is 0 Å². The molecule has 0 rings (SSSR count). The van der Waals surface area contributed by atoms with E-state index < -0.39 is 0 Å². The summed E-state index contributed by atoms with van der Waals surface area (Å²) in [7, 11) is 0. The van der Waals surface area contributed by atoms with Crippen LogP contribution in [-0.2, 0) is 39.4 Å². The Hall–Kier alpha value is 2.43. The van der Waals surface area contributed by atoms with Crippen LogP contribution in [0.4, 0.5) is 0 Å². The van der Waals surface area contributed by atoms with Crippen molar-refractivity contribution in [3.63, 3.8) is 0 Å². The van der Waals surface area contributed by atoms with Crippen molar-refractivity contribution < 1.29 is 39.4 Å². The summed E-state index contributed by atoms with van der Waals surface area (Å²) < 4.78 is 0. The first-order chi connectivity index (χ1) is 0. The van der Waals surface area contributed by atoms with Gasteiger partial charge in [0.1, 0.15) is 0 Å². The standard InChI is InChI=1S/Al.Cu.Ga.Nb.6H. The van der Waals surface area contributed by atoms with Crippen molar-refractivity contribution in [2.75, 3.05) is 0 Å². The van der Waals surface area contributed by atoms with Gasteiger partial charge in [-0.2, -0.15) is 0 Å². The van der Waals surface area contributed by atoms with Crippen LogP contribution in [-0.4, -0.2) is 37.2 Å². The smallest absolute Gasteiger partial charge is 0 e. The van der Waals surface area contributed by atoms with Crippen molar-refractivity contribution in [3.8, 4) is 0 Å². The first-order valence-corrected chi connectivity index (χ1v) is 0. The molecule has 0 aliphatic carbocycles. The number of hydrogen-bond acceptors (Lipinski definition) is 0. The van der Waals surface area contributed by atoms with E-state index in [9.17, 15) is 0 Å². The average Bonchev–Trinajstić information content (AvgIpc) is 0. The molecule has 0 aromatic carbocycles. The Labute approximate surface area is 75.7 Å². The van der Waals surface area contributed by atoms with Gasteiger partial charge in [0.15, 0.2) is 17.4 Å². The first kappa shape index (κ1) is 32.1. The second-order valence-electron chi connectivity index (χ2n) is 0. The molecule has 0 aromatic rings. The Morgan fingerprint density at radius 2 is 1.00 bits per heavy atom. The van der Waals surface area contributed by atoms with Gasteiger partial charge < -0.3 is 0 Å². The van der Waals surface area contributed by atoms with E-state index in [4.69, 9.17) is 0 Å². The quantitative estimate of drug-likeness (QED) is 0.427. The molecular formula is H6AlCuGaNb. The van der Waals surface area contributed by atoms with Gasteiger partial charge in [-0.15, -0.1) is 0 Å². The minimum Gasteiger partial charge on any atom is 0 e. The predicted molar refractivity (Wildman–Crippen MR) is 19.9 cm³/mol. The summed E-state index contributed by atoms with van der Waals surface area (Å²) >= 11 is 0. The fourth-order valence-corrected chi connectivity index (χ4v) is 0. The van der Waals surface area contributed by atoms with E-state index in [-0.39, 0.29) is 76.6 Å². The Morgan fingerprint density at radius 1 is 1.00 bits per heavy atom. The molecule has 0 N–H and O–H groups in total. The molecule has 0 nitrogen and oxygen atoms in total. The van der Waals surface area contributed by atoms with Crippen LogP contribution in [0, 0.1) is 0 Å². The number of rotatable bonds is 0. The van der Waals surface area contributed by atoms with Crippen molar-refractivity contribution >= 4 is 37.2 Å². The third kappa shape index (κ3) is 8.83. The molecule has 0 saturated carbocycles. The summed E-state index contributed by atoms with van der Waals surface area (Å²) in [6.07, 6.45) is 0. The van der Waals surface area contributed by atoms with Crippen molar-refractivity contribution in [1.29, 1.82) is 0 Å². The molecule has 0 saturated heterocycles. The van der Waals surface area contributed by atoms with Gasteiger partial charge >= 0.3 is 19.8 Å². The maximum absolute atomic E-state index is 0. The second kappa shape index (κ2) is 18.1. The summed E-state index contributed by atoms with van der Waals surface area (Å²) in [5, 5.41) is 0. The second-order valence-corrected chi connectivity index (χ2v) is 0. The van der Waals surface area contributed by atoms with E-state index in [1.165, 1.54) is 0 Å². The maximum Gasteiger partial charge on any atom is 0 e. The van der Waals surface area contributed by atoms with Gasteiger partial charge in [0.25, 0.3) is 0 Å². The van der Waals surface area contributed by atoms with Crippen LogP contribution in [0.5, 0.6) is 0 Å². The summed E-state index contributed by atoms with van der Waals surface area (Å²) in [6.45, 7) is 0. The van der Waals surface area contributed by atoms with Gasteiger partial charge in [0.05, 0.1) is 0 Å². The minimum atomic E-state index is 0. The van der Waals surface area contributed by atoms with Crippen LogP contribution in [0.25, 0.3) is 0 Å². The summed E-state index contributed by atoms with van der Waals surface area (Å²) in [5.74, 6) is 0. The molecule has 4 heavy (non-hydrogen) atoms. The molecule has 0 atom stereocenters. The molecule has 0 aliphatic rings. The molecule has 0 aliphatic heterocycles. The van der Waals surface area contributed by atoms with E-state index >= 15 is 0 Å². The Morgan fingerprint density at radius 3 is 1.00 bits per heavy atom. The van der Waals surface area contributed by atoms with Crippen LogP contribution < -0.4 is 0 Å². The molecule has 0 amide bonds. The normalized spacial score (nSPS) is 0. The van der Waals surface area contributed by atoms with Gasteiger partial charge in [-0.25, -0.2) is 0 Å². The van der Waals surface area contributed by atoms with Crippen molar-refractivity contribution in [2.24, 2.45) is 0 Å². The summed E-state index contributed by atoms with van der Waals surface area (Å²) in [5.41, 5.74) is 0. The van der Waals surface area contributed by atoms with Gasteiger partial charge in [0, 0.05) is 39.4 Å². The van der Waals surface area contributed by atoms with Crippen LogP contribution >= 0.6 is 0 Å². The molecule has 0 fully saturated rings. The Kier molecular flexibility index (Phi) is 145. The van der Waals surface area contributed by atoms with Crippen LogP contribution in [0.3, 0.4) is 0 Å². The summed E-state index contributed by atoms with van der Waals surface area (Å²) in [4.78, 5) is 0. The van der Waals surface area contributed by atoms with E-state index in [1.807, 2.05) is 0 Å². The van der Waals surface area contributed by atoms with E-state index in [1.54, 1.807) is 0 Å². The largest absolute Gasteiger partial charge is 0 e. The zero-order valence-corrected chi connectivity index (χ0v) is 3.89. The topological polar surface area (TPSA) is 0 Å². The Bertz CT molecular complexity index is 8.00. The molecule has 4 heteroatoms. The van der Waals surface area contributed by atoms with Gasteiger partial charge in [-0.3, -0.25) is 0 Å². The molecular weight excluding hydrogens is 253 g/mol. The molecule has 0 unspecified atom stereocenters. The molecule has 0 spiro atoms. The van der Waals surface area contributed by atoms with Crippen LogP contribution in [0.2, 0.25) is 0 Å². The van der Waals surface area contributed by atoms with E-state index in [2.05, 4.69) is 0 Å². The van der Waals surface area contributed by atoms with Crippen molar-refractivity contribution in [1.82, 2.24) is 0 Å². The maximum atomic E-state index is 0. The fraction of sp³-hybridized carbons (Fsp3) is 0. The SMILES string of the molecule is [AlH3].[Cu].[GaH3].[Nb].